The first-order valence-electron chi connectivity index (χ1n) is 6.15. The van der Waals surface area contributed by atoms with Crippen LogP contribution in [0.2, 0.25) is 0 Å². The highest BCUT2D eigenvalue weighted by Gasteiger charge is 2.27. The predicted molar refractivity (Wildman–Crippen MR) is 69.4 cm³/mol. The Kier molecular flexibility index (Phi) is 5.71. The van der Waals surface area contributed by atoms with Crippen LogP contribution in [0.4, 0.5) is 0 Å². The van der Waals surface area contributed by atoms with Gasteiger partial charge in [-0.1, -0.05) is 24.3 Å². The van der Waals surface area contributed by atoms with Crippen LogP contribution in [0.5, 0.6) is 0 Å². The minimum absolute atomic E-state index is 0.199. The number of hydrogen-bond acceptors (Lipinski definition) is 4. The van der Waals surface area contributed by atoms with Gasteiger partial charge >= 0.3 is 17.9 Å². The van der Waals surface area contributed by atoms with Gasteiger partial charge in [0, 0.05) is 6.42 Å². The van der Waals surface area contributed by atoms with Crippen LogP contribution in [0.15, 0.2) is 24.3 Å². The molecule has 0 amide bonds. The number of rotatable bonds is 7. The summed E-state index contributed by atoms with van der Waals surface area (Å²) < 4.78 is 4.79. The van der Waals surface area contributed by atoms with Crippen LogP contribution in [0.25, 0.3) is 0 Å². The topological polar surface area (TPSA) is 101 Å². The van der Waals surface area contributed by atoms with Gasteiger partial charge in [-0.2, -0.15) is 0 Å². The van der Waals surface area contributed by atoms with Gasteiger partial charge in [0.05, 0.1) is 6.61 Å². The van der Waals surface area contributed by atoms with Crippen molar-refractivity contribution in [3.05, 3.63) is 35.4 Å². The minimum atomic E-state index is -1.57. The number of benzene rings is 1. The first-order valence-corrected chi connectivity index (χ1v) is 6.15. The molecule has 0 aliphatic rings. The average molecular weight is 280 g/mol. The molecule has 20 heavy (non-hydrogen) atoms. The maximum absolute atomic E-state index is 11.2. The highest BCUT2D eigenvalue weighted by Crippen LogP contribution is 2.18. The molecule has 108 valence electrons. The number of carbonyl (C=O) groups is 3. The molecule has 0 bridgehead atoms. The van der Waals surface area contributed by atoms with Gasteiger partial charge in [-0.15, -0.1) is 0 Å². The standard InChI is InChI=1S/C14H16O6/c1-2-20-11(15)8-5-9-3-6-10(7-4-9)12(13(16)17)14(18)19/h3-4,6-7,12H,2,5,8H2,1H3,(H,16,17)(H,18,19). The van der Waals surface area contributed by atoms with Crippen LogP contribution in [-0.2, 0) is 25.5 Å². The second-order valence-corrected chi connectivity index (χ2v) is 4.16. The normalized spacial score (nSPS) is 10.3. The molecule has 0 saturated carbocycles. The van der Waals surface area contributed by atoms with E-state index >= 15 is 0 Å². The molecule has 1 aromatic rings. The first kappa shape index (κ1) is 15.7. The molecule has 0 aliphatic carbocycles. The summed E-state index contributed by atoms with van der Waals surface area (Å²) in [6.07, 6.45) is 0.693. The summed E-state index contributed by atoms with van der Waals surface area (Å²) in [6, 6.07) is 6.14. The van der Waals surface area contributed by atoms with Crippen LogP contribution >= 0.6 is 0 Å². The van der Waals surface area contributed by atoms with Gasteiger partial charge in [0.1, 0.15) is 0 Å². The number of aryl methyl sites for hydroxylation is 1. The molecule has 0 aliphatic heterocycles. The fourth-order valence-electron chi connectivity index (χ4n) is 1.75. The van der Waals surface area contributed by atoms with Crippen molar-refractivity contribution in [2.24, 2.45) is 0 Å². The zero-order chi connectivity index (χ0) is 15.1. The van der Waals surface area contributed by atoms with E-state index in [2.05, 4.69) is 0 Å². The van der Waals surface area contributed by atoms with Crippen molar-refractivity contribution in [3.8, 4) is 0 Å². The Balaban J connectivity index is 2.71. The van der Waals surface area contributed by atoms with Crippen molar-refractivity contribution in [2.75, 3.05) is 6.61 Å². The molecule has 0 radical (unpaired) electrons. The number of hydrogen-bond donors (Lipinski definition) is 2. The molecule has 0 unspecified atom stereocenters. The van der Waals surface area contributed by atoms with Crippen LogP contribution < -0.4 is 0 Å². The Labute approximate surface area is 116 Å². The van der Waals surface area contributed by atoms with Crippen molar-refractivity contribution in [1.29, 1.82) is 0 Å². The Bertz CT molecular complexity index is 477. The van der Waals surface area contributed by atoms with E-state index in [1.165, 1.54) is 12.1 Å². The quantitative estimate of drug-likeness (QED) is 0.579. The van der Waals surface area contributed by atoms with Crippen molar-refractivity contribution in [2.45, 2.75) is 25.7 Å². The fraction of sp³-hybridized carbons (Fsp3) is 0.357. The van der Waals surface area contributed by atoms with E-state index in [9.17, 15) is 14.4 Å². The molecule has 0 heterocycles. The van der Waals surface area contributed by atoms with E-state index in [1.54, 1.807) is 19.1 Å². The second kappa shape index (κ2) is 7.28. The zero-order valence-corrected chi connectivity index (χ0v) is 11.0. The van der Waals surface area contributed by atoms with E-state index in [0.717, 1.165) is 5.56 Å². The van der Waals surface area contributed by atoms with Gasteiger partial charge in [0.15, 0.2) is 5.92 Å². The number of carboxylic acids is 2. The van der Waals surface area contributed by atoms with Crippen LogP contribution in [-0.4, -0.2) is 34.7 Å². The summed E-state index contributed by atoms with van der Waals surface area (Å²) in [7, 11) is 0. The van der Waals surface area contributed by atoms with Gasteiger partial charge < -0.3 is 14.9 Å². The third-order valence-electron chi connectivity index (χ3n) is 2.73. The van der Waals surface area contributed by atoms with E-state index in [1.807, 2.05) is 0 Å². The van der Waals surface area contributed by atoms with Crippen LogP contribution in [0.3, 0.4) is 0 Å². The maximum atomic E-state index is 11.2. The SMILES string of the molecule is CCOC(=O)CCc1ccc(C(C(=O)O)C(=O)O)cc1. The molecule has 0 atom stereocenters. The summed E-state index contributed by atoms with van der Waals surface area (Å²) >= 11 is 0. The summed E-state index contributed by atoms with van der Waals surface area (Å²) in [4.78, 5) is 32.9. The maximum Gasteiger partial charge on any atom is 0.322 e. The van der Waals surface area contributed by atoms with Gasteiger partial charge in [0.2, 0.25) is 0 Å². The molecule has 1 aromatic carbocycles. The van der Waals surface area contributed by atoms with Gasteiger partial charge in [-0.05, 0) is 24.5 Å². The van der Waals surface area contributed by atoms with Crippen molar-refractivity contribution in [1.82, 2.24) is 0 Å². The van der Waals surface area contributed by atoms with Gasteiger partial charge in [-0.3, -0.25) is 14.4 Å². The van der Waals surface area contributed by atoms with E-state index in [0.29, 0.717) is 13.0 Å². The Morgan fingerprint density at radius 3 is 2.10 bits per heavy atom. The molecule has 0 aromatic heterocycles. The summed E-state index contributed by atoms with van der Waals surface area (Å²) in [5.41, 5.74) is 1.02. The number of ether oxygens (including phenoxy) is 1. The first-order chi connectivity index (χ1) is 9.45. The molecule has 6 nitrogen and oxygen atoms in total. The smallest absolute Gasteiger partial charge is 0.322 e. The Morgan fingerprint density at radius 1 is 1.10 bits per heavy atom. The third kappa shape index (κ3) is 4.38. The van der Waals surface area contributed by atoms with E-state index < -0.39 is 17.9 Å². The summed E-state index contributed by atoms with van der Waals surface area (Å²) in [5, 5.41) is 17.7. The highest BCUT2D eigenvalue weighted by molar-refractivity contribution is 5.98. The lowest BCUT2D eigenvalue weighted by molar-refractivity contribution is -0.150. The fourth-order valence-corrected chi connectivity index (χ4v) is 1.75. The van der Waals surface area contributed by atoms with Crippen LogP contribution in [0, 0.1) is 0 Å². The van der Waals surface area contributed by atoms with Gasteiger partial charge in [-0.25, -0.2) is 0 Å². The summed E-state index contributed by atoms with van der Waals surface area (Å²) in [5.74, 6) is -4.69. The lowest BCUT2D eigenvalue weighted by Crippen LogP contribution is -2.20. The molecule has 6 heteroatoms. The predicted octanol–water partition coefficient (Wildman–Crippen LogP) is 1.44. The number of carbonyl (C=O) groups excluding carboxylic acids is 1. The average Bonchev–Trinajstić information content (AvgIpc) is 2.37. The minimum Gasteiger partial charge on any atom is -0.480 e. The number of aliphatic carboxylic acids is 2. The van der Waals surface area contributed by atoms with Crippen LogP contribution in [0.1, 0.15) is 30.4 Å². The van der Waals surface area contributed by atoms with Crippen molar-refractivity contribution < 1.29 is 29.3 Å². The lowest BCUT2D eigenvalue weighted by Gasteiger charge is -2.08. The van der Waals surface area contributed by atoms with Crippen molar-refractivity contribution in [3.63, 3.8) is 0 Å². The largest absolute Gasteiger partial charge is 0.480 e. The highest BCUT2D eigenvalue weighted by atomic mass is 16.5. The zero-order valence-electron chi connectivity index (χ0n) is 11.0. The molecule has 0 saturated heterocycles. The Hall–Kier alpha value is -2.37. The monoisotopic (exact) mass is 280 g/mol. The van der Waals surface area contributed by atoms with E-state index in [4.69, 9.17) is 14.9 Å². The van der Waals surface area contributed by atoms with E-state index in [-0.39, 0.29) is 18.0 Å². The molecular weight excluding hydrogens is 264 g/mol. The second-order valence-electron chi connectivity index (χ2n) is 4.16. The molecule has 0 fully saturated rings. The van der Waals surface area contributed by atoms with Gasteiger partial charge in [0.25, 0.3) is 0 Å². The Morgan fingerprint density at radius 2 is 1.65 bits per heavy atom. The lowest BCUT2D eigenvalue weighted by atomic mass is 9.97. The number of carboxylic acid groups (broad SMARTS) is 2. The number of esters is 1. The molecule has 1 rings (SSSR count). The third-order valence-corrected chi connectivity index (χ3v) is 2.73. The molecule has 2 N–H and O–H groups in total. The summed E-state index contributed by atoms with van der Waals surface area (Å²) in [6.45, 7) is 2.06. The van der Waals surface area contributed by atoms with Crippen molar-refractivity contribution >= 4 is 17.9 Å². The molecular formula is C14H16O6. The molecule has 0 spiro atoms.